The van der Waals surface area contributed by atoms with Gasteiger partial charge >= 0.3 is 0 Å². The Morgan fingerprint density at radius 3 is 2.80 bits per heavy atom. The lowest BCUT2D eigenvalue weighted by atomic mass is 10.2. The van der Waals surface area contributed by atoms with Gasteiger partial charge in [0.05, 0.1) is 4.92 Å². The van der Waals surface area contributed by atoms with Gasteiger partial charge in [-0.25, -0.2) is 0 Å². The van der Waals surface area contributed by atoms with Crippen LogP contribution in [0.3, 0.4) is 0 Å². The summed E-state index contributed by atoms with van der Waals surface area (Å²) in [5.41, 5.74) is 0.260. The number of nitrogens with zero attached hydrogens (tertiary/aromatic N) is 1. The highest BCUT2D eigenvalue weighted by molar-refractivity contribution is 6.30. The lowest BCUT2D eigenvalue weighted by Gasteiger charge is -2.12. The quantitative estimate of drug-likeness (QED) is 0.599. The Kier molecular flexibility index (Phi) is 6.24. The van der Waals surface area contributed by atoms with Crippen LogP contribution in [0, 0.1) is 10.1 Å². The van der Waals surface area contributed by atoms with Crippen LogP contribution in [0.4, 0.5) is 11.4 Å². The standard InChI is InChI=1S/C13H18ClN3O3/c1-3-9(2)16-13(18)6-7-15-11-5-4-10(14)8-12(11)17(19)20/h4-5,8-9,15H,3,6-7H2,1-2H3,(H,16,18). The van der Waals surface area contributed by atoms with Gasteiger partial charge in [-0.05, 0) is 25.5 Å². The fraction of sp³-hybridized carbons (Fsp3) is 0.462. The number of carbonyl (C=O) groups excluding carboxylic acids is 1. The molecule has 6 nitrogen and oxygen atoms in total. The summed E-state index contributed by atoms with van der Waals surface area (Å²) in [7, 11) is 0. The van der Waals surface area contributed by atoms with Gasteiger partial charge in [0.25, 0.3) is 5.69 Å². The van der Waals surface area contributed by atoms with Gasteiger partial charge in [-0.3, -0.25) is 14.9 Å². The maximum atomic E-state index is 11.6. The highest BCUT2D eigenvalue weighted by atomic mass is 35.5. The fourth-order valence-corrected chi connectivity index (χ4v) is 1.73. The van der Waals surface area contributed by atoms with Crippen molar-refractivity contribution in [2.45, 2.75) is 32.7 Å². The molecule has 0 saturated heterocycles. The molecule has 1 atom stereocenters. The molecule has 0 spiro atoms. The molecule has 1 rings (SSSR count). The van der Waals surface area contributed by atoms with Crippen LogP contribution in [0.2, 0.25) is 5.02 Å². The van der Waals surface area contributed by atoms with Crippen LogP contribution in [0.1, 0.15) is 26.7 Å². The van der Waals surface area contributed by atoms with Crippen molar-refractivity contribution in [3.63, 3.8) is 0 Å². The summed E-state index contributed by atoms with van der Waals surface area (Å²) >= 11 is 5.72. The predicted molar refractivity (Wildman–Crippen MR) is 79.1 cm³/mol. The largest absolute Gasteiger partial charge is 0.379 e. The normalized spacial score (nSPS) is 11.8. The third kappa shape index (κ3) is 5.05. The van der Waals surface area contributed by atoms with Crippen LogP contribution < -0.4 is 10.6 Å². The summed E-state index contributed by atoms with van der Waals surface area (Å²) in [5, 5.41) is 16.9. The molecule has 0 radical (unpaired) electrons. The van der Waals surface area contributed by atoms with E-state index in [9.17, 15) is 14.9 Å². The number of carbonyl (C=O) groups is 1. The smallest absolute Gasteiger partial charge is 0.293 e. The van der Waals surface area contributed by atoms with Crippen molar-refractivity contribution in [2.24, 2.45) is 0 Å². The predicted octanol–water partition coefficient (Wildman–Crippen LogP) is 2.96. The fourth-order valence-electron chi connectivity index (χ4n) is 1.57. The SMILES string of the molecule is CCC(C)NC(=O)CCNc1ccc(Cl)cc1[N+](=O)[O-]. The molecular formula is C13H18ClN3O3. The second-order valence-corrected chi connectivity index (χ2v) is 4.91. The molecule has 1 aromatic carbocycles. The zero-order valence-corrected chi connectivity index (χ0v) is 12.2. The Balaban J connectivity index is 2.54. The molecule has 0 aliphatic rings. The molecule has 0 aromatic heterocycles. The molecule has 0 heterocycles. The molecular weight excluding hydrogens is 282 g/mol. The second-order valence-electron chi connectivity index (χ2n) is 4.47. The Labute approximate surface area is 122 Å². The van der Waals surface area contributed by atoms with E-state index >= 15 is 0 Å². The molecule has 7 heteroatoms. The number of rotatable bonds is 7. The van der Waals surface area contributed by atoms with Gasteiger partial charge in [-0.2, -0.15) is 0 Å². The summed E-state index contributed by atoms with van der Waals surface area (Å²) in [6.07, 6.45) is 1.12. The Morgan fingerprint density at radius 1 is 1.50 bits per heavy atom. The second kappa shape index (κ2) is 7.69. The highest BCUT2D eigenvalue weighted by Gasteiger charge is 2.14. The lowest BCUT2D eigenvalue weighted by molar-refractivity contribution is -0.383. The zero-order valence-electron chi connectivity index (χ0n) is 11.5. The zero-order chi connectivity index (χ0) is 15.1. The number of nitro benzene ring substituents is 1. The van der Waals surface area contributed by atoms with E-state index in [4.69, 9.17) is 11.6 Å². The van der Waals surface area contributed by atoms with Gasteiger partial charge in [-0.1, -0.05) is 18.5 Å². The van der Waals surface area contributed by atoms with Crippen molar-refractivity contribution in [3.05, 3.63) is 33.3 Å². The van der Waals surface area contributed by atoms with Crippen LogP contribution in [-0.2, 0) is 4.79 Å². The van der Waals surface area contributed by atoms with E-state index in [1.54, 1.807) is 6.07 Å². The van der Waals surface area contributed by atoms with Crippen LogP contribution in [0.15, 0.2) is 18.2 Å². The summed E-state index contributed by atoms with van der Waals surface area (Å²) in [4.78, 5) is 21.9. The number of nitro groups is 1. The molecule has 1 aromatic rings. The monoisotopic (exact) mass is 299 g/mol. The van der Waals surface area contributed by atoms with Crippen molar-refractivity contribution < 1.29 is 9.72 Å². The van der Waals surface area contributed by atoms with Crippen molar-refractivity contribution in [1.82, 2.24) is 5.32 Å². The molecule has 1 amide bonds. The summed E-state index contributed by atoms with van der Waals surface area (Å²) < 4.78 is 0. The molecule has 0 aliphatic heterocycles. The number of hydrogen-bond donors (Lipinski definition) is 2. The van der Waals surface area contributed by atoms with E-state index in [0.717, 1.165) is 6.42 Å². The van der Waals surface area contributed by atoms with Crippen LogP contribution >= 0.6 is 11.6 Å². The molecule has 0 fully saturated rings. The highest BCUT2D eigenvalue weighted by Crippen LogP contribution is 2.27. The Morgan fingerprint density at radius 2 is 2.20 bits per heavy atom. The van der Waals surface area contributed by atoms with Crippen molar-refractivity contribution >= 4 is 28.9 Å². The van der Waals surface area contributed by atoms with Gasteiger partial charge in [0.1, 0.15) is 5.69 Å². The maximum Gasteiger partial charge on any atom is 0.293 e. The molecule has 2 N–H and O–H groups in total. The van der Waals surface area contributed by atoms with Crippen LogP contribution in [-0.4, -0.2) is 23.4 Å². The van der Waals surface area contributed by atoms with E-state index in [-0.39, 0.29) is 24.1 Å². The maximum absolute atomic E-state index is 11.6. The number of anilines is 1. The van der Waals surface area contributed by atoms with E-state index in [2.05, 4.69) is 10.6 Å². The summed E-state index contributed by atoms with van der Waals surface area (Å²) in [6.45, 7) is 4.24. The van der Waals surface area contributed by atoms with Gasteiger partial charge in [0.15, 0.2) is 0 Å². The summed E-state index contributed by atoms with van der Waals surface area (Å²) in [5.74, 6) is -0.0801. The van der Waals surface area contributed by atoms with Gasteiger partial charge < -0.3 is 10.6 Å². The first-order chi connectivity index (χ1) is 9.43. The molecule has 0 bridgehead atoms. The van der Waals surface area contributed by atoms with E-state index < -0.39 is 4.92 Å². The summed E-state index contributed by atoms with van der Waals surface area (Å²) in [6, 6.07) is 4.51. The number of halogens is 1. The third-order valence-electron chi connectivity index (χ3n) is 2.84. The molecule has 0 aliphatic carbocycles. The molecule has 20 heavy (non-hydrogen) atoms. The van der Waals surface area contributed by atoms with Gasteiger partial charge in [0, 0.05) is 30.1 Å². The van der Waals surface area contributed by atoms with Gasteiger partial charge in [0.2, 0.25) is 5.91 Å². The van der Waals surface area contributed by atoms with Crippen LogP contribution in [0.25, 0.3) is 0 Å². The first-order valence-corrected chi connectivity index (χ1v) is 6.79. The first-order valence-electron chi connectivity index (χ1n) is 6.41. The minimum Gasteiger partial charge on any atom is -0.379 e. The van der Waals surface area contributed by atoms with Crippen molar-refractivity contribution in [3.8, 4) is 0 Å². The minimum absolute atomic E-state index is 0.0801. The van der Waals surface area contributed by atoms with E-state index in [1.807, 2.05) is 13.8 Å². The topological polar surface area (TPSA) is 84.3 Å². The number of benzene rings is 1. The average Bonchev–Trinajstić information content (AvgIpc) is 2.39. The third-order valence-corrected chi connectivity index (χ3v) is 3.08. The molecule has 1 unspecified atom stereocenters. The number of nitrogens with one attached hydrogen (secondary N) is 2. The van der Waals surface area contributed by atoms with E-state index in [0.29, 0.717) is 17.3 Å². The minimum atomic E-state index is -0.507. The van der Waals surface area contributed by atoms with Gasteiger partial charge in [-0.15, -0.1) is 0 Å². The Bertz CT molecular complexity index is 494. The number of amides is 1. The lowest BCUT2D eigenvalue weighted by Crippen LogP contribution is -2.32. The average molecular weight is 300 g/mol. The number of hydrogen-bond acceptors (Lipinski definition) is 4. The van der Waals surface area contributed by atoms with Crippen molar-refractivity contribution in [2.75, 3.05) is 11.9 Å². The first kappa shape index (κ1) is 16.2. The molecule has 110 valence electrons. The van der Waals surface area contributed by atoms with E-state index in [1.165, 1.54) is 12.1 Å². The molecule has 0 saturated carbocycles. The van der Waals surface area contributed by atoms with Crippen molar-refractivity contribution in [1.29, 1.82) is 0 Å². The Hall–Kier alpha value is -1.82. The van der Waals surface area contributed by atoms with Crippen LogP contribution in [0.5, 0.6) is 0 Å².